The molecule has 66 valence electrons. The molecule has 0 aliphatic rings. The van der Waals surface area contributed by atoms with Gasteiger partial charge in [-0.15, -0.1) is 0 Å². The molecule has 0 amide bonds. The molecule has 0 saturated carbocycles. The number of nitrogens with one attached hydrogen (secondary N) is 1. The third-order valence-electron chi connectivity index (χ3n) is 1.72. The van der Waals surface area contributed by atoms with E-state index in [1.165, 1.54) is 0 Å². The Bertz CT molecular complexity index is 261. The summed E-state index contributed by atoms with van der Waals surface area (Å²) >= 11 is 0. The lowest BCUT2D eigenvalue weighted by Gasteiger charge is -2.05. The van der Waals surface area contributed by atoms with Crippen molar-refractivity contribution in [1.82, 2.24) is 4.98 Å². The van der Waals surface area contributed by atoms with Gasteiger partial charge in [0.1, 0.15) is 5.82 Å². The number of anilines is 1. The monoisotopic (exact) mass is 166 g/mol. The standard InChI is InChI=1S/C9H14N2O/c1-3-10-9-5-4-8(6-12)7(2)11-9/h4-5,12H,3,6H2,1-2H3,(H,10,11). The number of aliphatic hydroxyl groups excluding tert-OH is 1. The fraction of sp³-hybridized carbons (Fsp3) is 0.444. The molecule has 1 aromatic rings. The Balaban J connectivity index is 2.86. The van der Waals surface area contributed by atoms with Crippen molar-refractivity contribution in [3.05, 3.63) is 23.4 Å². The van der Waals surface area contributed by atoms with Gasteiger partial charge in [0.15, 0.2) is 0 Å². The molecular weight excluding hydrogens is 152 g/mol. The number of nitrogens with zero attached hydrogens (tertiary/aromatic N) is 1. The number of hydrogen-bond donors (Lipinski definition) is 2. The number of aromatic nitrogens is 1. The van der Waals surface area contributed by atoms with E-state index in [1.54, 1.807) is 0 Å². The van der Waals surface area contributed by atoms with Gasteiger partial charge in [-0.05, 0) is 25.5 Å². The summed E-state index contributed by atoms with van der Waals surface area (Å²) in [7, 11) is 0. The first-order valence-corrected chi connectivity index (χ1v) is 4.09. The van der Waals surface area contributed by atoms with Gasteiger partial charge in [0, 0.05) is 12.2 Å². The molecule has 0 aromatic carbocycles. The van der Waals surface area contributed by atoms with Crippen LogP contribution in [0.1, 0.15) is 18.2 Å². The van der Waals surface area contributed by atoms with E-state index in [2.05, 4.69) is 10.3 Å². The average molecular weight is 166 g/mol. The summed E-state index contributed by atoms with van der Waals surface area (Å²) < 4.78 is 0. The van der Waals surface area contributed by atoms with Crippen molar-refractivity contribution >= 4 is 5.82 Å². The van der Waals surface area contributed by atoms with Crippen LogP contribution in [0, 0.1) is 6.92 Å². The van der Waals surface area contributed by atoms with Crippen LogP contribution in [-0.2, 0) is 6.61 Å². The van der Waals surface area contributed by atoms with Gasteiger partial charge in [0.2, 0.25) is 0 Å². The lowest BCUT2D eigenvalue weighted by molar-refractivity contribution is 0.280. The van der Waals surface area contributed by atoms with Crippen molar-refractivity contribution < 1.29 is 5.11 Å². The Kier molecular flexibility index (Phi) is 3.05. The quantitative estimate of drug-likeness (QED) is 0.711. The van der Waals surface area contributed by atoms with E-state index < -0.39 is 0 Å². The molecule has 3 heteroatoms. The molecule has 0 aliphatic heterocycles. The summed E-state index contributed by atoms with van der Waals surface area (Å²) in [4.78, 5) is 4.26. The van der Waals surface area contributed by atoms with Crippen LogP contribution < -0.4 is 5.32 Å². The molecule has 0 bridgehead atoms. The van der Waals surface area contributed by atoms with Crippen molar-refractivity contribution in [3.8, 4) is 0 Å². The minimum absolute atomic E-state index is 0.0608. The summed E-state index contributed by atoms with van der Waals surface area (Å²) in [5.41, 5.74) is 1.77. The molecule has 12 heavy (non-hydrogen) atoms. The zero-order chi connectivity index (χ0) is 8.97. The molecule has 1 rings (SSSR count). The first-order valence-electron chi connectivity index (χ1n) is 4.09. The molecule has 1 heterocycles. The molecule has 0 spiro atoms. The fourth-order valence-corrected chi connectivity index (χ4v) is 1.04. The predicted molar refractivity (Wildman–Crippen MR) is 49.1 cm³/mol. The molecule has 3 nitrogen and oxygen atoms in total. The maximum atomic E-state index is 8.88. The van der Waals surface area contributed by atoms with Crippen LogP contribution in [0.4, 0.5) is 5.82 Å². The maximum Gasteiger partial charge on any atom is 0.126 e. The third kappa shape index (κ3) is 1.95. The van der Waals surface area contributed by atoms with E-state index in [9.17, 15) is 0 Å². The molecule has 0 saturated heterocycles. The highest BCUT2D eigenvalue weighted by molar-refractivity contribution is 5.38. The maximum absolute atomic E-state index is 8.88. The van der Waals surface area contributed by atoms with Gasteiger partial charge in [0.05, 0.1) is 6.61 Å². The Morgan fingerprint density at radius 3 is 2.75 bits per heavy atom. The normalized spacial score (nSPS) is 9.92. The summed E-state index contributed by atoms with van der Waals surface area (Å²) in [6.07, 6.45) is 0. The van der Waals surface area contributed by atoms with Gasteiger partial charge in [-0.25, -0.2) is 4.98 Å². The lowest BCUT2D eigenvalue weighted by Crippen LogP contribution is -2.01. The average Bonchev–Trinajstić information content (AvgIpc) is 2.05. The Hall–Kier alpha value is -1.09. The highest BCUT2D eigenvalue weighted by Crippen LogP contribution is 2.09. The number of aliphatic hydroxyl groups is 1. The number of hydrogen-bond acceptors (Lipinski definition) is 3. The van der Waals surface area contributed by atoms with E-state index in [4.69, 9.17) is 5.11 Å². The molecule has 0 radical (unpaired) electrons. The van der Waals surface area contributed by atoms with E-state index in [0.717, 1.165) is 23.6 Å². The Morgan fingerprint density at radius 2 is 2.25 bits per heavy atom. The molecule has 0 atom stereocenters. The molecular formula is C9H14N2O. The Morgan fingerprint density at radius 1 is 1.50 bits per heavy atom. The molecule has 0 fully saturated rings. The Labute approximate surface area is 72.5 Å². The van der Waals surface area contributed by atoms with Gasteiger partial charge in [0.25, 0.3) is 0 Å². The summed E-state index contributed by atoms with van der Waals surface area (Å²) in [5.74, 6) is 0.868. The van der Waals surface area contributed by atoms with Crippen LogP contribution in [0.5, 0.6) is 0 Å². The first kappa shape index (κ1) is 9.00. The third-order valence-corrected chi connectivity index (χ3v) is 1.72. The summed E-state index contributed by atoms with van der Waals surface area (Å²) in [6.45, 7) is 4.85. The minimum Gasteiger partial charge on any atom is -0.392 e. The summed E-state index contributed by atoms with van der Waals surface area (Å²) in [5, 5.41) is 12.0. The summed E-state index contributed by atoms with van der Waals surface area (Å²) in [6, 6.07) is 3.77. The number of aryl methyl sites for hydroxylation is 1. The topological polar surface area (TPSA) is 45.1 Å². The molecule has 0 aliphatic carbocycles. The zero-order valence-corrected chi connectivity index (χ0v) is 7.46. The van der Waals surface area contributed by atoms with E-state index >= 15 is 0 Å². The predicted octanol–water partition coefficient (Wildman–Crippen LogP) is 1.31. The van der Waals surface area contributed by atoms with Gasteiger partial charge in [-0.3, -0.25) is 0 Å². The van der Waals surface area contributed by atoms with Crippen LogP contribution in [0.15, 0.2) is 12.1 Å². The zero-order valence-electron chi connectivity index (χ0n) is 7.46. The van der Waals surface area contributed by atoms with Crippen LogP contribution >= 0.6 is 0 Å². The van der Waals surface area contributed by atoms with Gasteiger partial charge >= 0.3 is 0 Å². The smallest absolute Gasteiger partial charge is 0.126 e. The van der Waals surface area contributed by atoms with Crippen molar-refractivity contribution in [1.29, 1.82) is 0 Å². The van der Waals surface area contributed by atoms with Crippen LogP contribution in [-0.4, -0.2) is 16.6 Å². The largest absolute Gasteiger partial charge is 0.392 e. The van der Waals surface area contributed by atoms with Crippen LogP contribution in [0.3, 0.4) is 0 Å². The highest BCUT2D eigenvalue weighted by atomic mass is 16.3. The van der Waals surface area contributed by atoms with E-state index in [0.29, 0.717) is 0 Å². The lowest BCUT2D eigenvalue weighted by atomic mass is 10.2. The second kappa shape index (κ2) is 4.07. The van der Waals surface area contributed by atoms with Crippen molar-refractivity contribution in [3.63, 3.8) is 0 Å². The number of rotatable bonds is 3. The van der Waals surface area contributed by atoms with Crippen LogP contribution in [0.2, 0.25) is 0 Å². The van der Waals surface area contributed by atoms with Gasteiger partial charge in [-0.1, -0.05) is 6.07 Å². The number of pyridine rings is 1. The highest BCUT2D eigenvalue weighted by Gasteiger charge is 1.98. The molecule has 2 N–H and O–H groups in total. The second-order valence-corrected chi connectivity index (χ2v) is 2.63. The van der Waals surface area contributed by atoms with E-state index in [1.807, 2.05) is 26.0 Å². The van der Waals surface area contributed by atoms with E-state index in [-0.39, 0.29) is 6.61 Å². The molecule has 0 unspecified atom stereocenters. The van der Waals surface area contributed by atoms with Gasteiger partial charge < -0.3 is 10.4 Å². The molecule has 1 aromatic heterocycles. The van der Waals surface area contributed by atoms with Crippen molar-refractivity contribution in [2.45, 2.75) is 20.5 Å². The minimum atomic E-state index is 0.0608. The SMILES string of the molecule is CCNc1ccc(CO)c(C)n1. The van der Waals surface area contributed by atoms with Crippen molar-refractivity contribution in [2.24, 2.45) is 0 Å². The second-order valence-electron chi connectivity index (χ2n) is 2.63. The van der Waals surface area contributed by atoms with Crippen LogP contribution in [0.25, 0.3) is 0 Å². The fourth-order valence-electron chi connectivity index (χ4n) is 1.04. The van der Waals surface area contributed by atoms with Gasteiger partial charge in [-0.2, -0.15) is 0 Å². The first-order chi connectivity index (χ1) is 5.77. The van der Waals surface area contributed by atoms with Crippen molar-refractivity contribution in [2.75, 3.05) is 11.9 Å².